The van der Waals surface area contributed by atoms with E-state index in [1.807, 2.05) is 6.07 Å². The Morgan fingerprint density at radius 1 is 1.38 bits per heavy atom. The van der Waals surface area contributed by atoms with Crippen LogP contribution < -0.4 is 11.3 Å². The van der Waals surface area contributed by atoms with Gasteiger partial charge in [-0.2, -0.15) is 0 Å². The maximum Gasteiger partial charge on any atom is 0.0704 e. The molecule has 0 aliphatic rings. The molecule has 0 saturated carbocycles. The molecule has 1 aromatic heterocycles. The molecule has 0 bridgehead atoms. The molecule has 0 aliphatic heterocycles. The SMILES string of the molecule is CC(C)C(C)c1ccncc1NN. The van der Waals surface area contributed by atoms with Crippen molar-refractivity contribution in [1.29, 1.82) is 0 Å². The van der Waals surface area contributed by atoms with Crippen LogP contribution in [0.2, 0.25) is 0 Å². The van der Waals surface area contributed by atoms with Crippen LogP contribution in [0.25, 0.3) is 0 Å². The molecule has 0 aliphatic carbocycles. The molecule has 1 rings (SSSR count). The van der Waals surface area contributed by atoms with Crippen LogP contribution in [0.3, 0.4) is 0 Å². The zero-order valence-electron chi connectivity index (χ0n) is 8.41. The normalized spacial score (nSPS) is 13.0. The van der Waals surface area contributed by atoms with E-state index in [1.165, 1.54) is 5.56 Å². The highest BCUT2D eigenvalue weighted by atomic mass is 15.2. The van der Waals surface area contributed by atoms with Crippen molar-refractivity contribution >= 4 is 5.69 Å². The third-order valence-corrected chi connectivity index (χ3v) is 2.50. The van der Waals surface area contributed by atoms with Gasteiger partial charge in [0.15, 0.2) is 0 Å². The predicted octanol–water partition coefficient (Wildman–Crippen LogP) is 2.13. The Hall–Kier alpha value is -1.09. The second kappa shape index (κ2) is 4.23. The van der Waals surface area contributed by atoms with Crippen LogP contribution in [0.15, 0.2) is 18.5 Å². The molecule has 0 aromatic carbocycles. The molecule has 3 heteroatoms. The standard InChI is InChI=1S/C10H17N3/c1-7(2)8(3)9-4-5-12-6-10(9)13-11/h4-8,13H,11H2,1-3H3. The van der Waals surface area contributed by atoms with E-state index in [-0.39, 0.29) is 0 Å². The third-order valence-electron chi connectivity index (χ3n) is 2.50. The molecule has 3 N–H and O–H groups in total. The second-order valence-corrected chi connectivity index (χ2v) is 3.64. The summed E-state index contributed by atoms with van der Waals surface area (Å²) in [6.45, 7) is 6.59. The molecule has 0 saturated heterocycles. The van der Waals surface area contributed by atoms with Gasteiger partial charge in [0.05, 0.1) is 11.9 Å². The lowest BCUT2D eigenvalue weighted by molar-refractivity contribution is 0.535. The fraction of sp³-hybridized carbons (Fsp3) is 0.500. The van der Waals surface area contributed by atoms with E-state index < -0.39 is 0 Å². The smallest absolute Gasteiger partial charge is 0.0704 e. The quantitative estimate of drug-likeness (QED) is 0.552. The summed E-state index contributed by atoms with van der Waals surface area (Å²) < 4.78 is 0. The topological polar surface area (TPSA) is 50.9 Å². The second-order valence-electron chi connectivity index (χ2n) is 3.64. The lowest BCUT2D eigenvalue weighted by Gasteiger charge is -2.18. The summed E-state index contributed by atoms with van der Waals surface area (Å²) in [7, 11) is 0. The zero-order chi connectivity index (χ0) is 9.84. The van der Waals surface area contributed by atoms with Crippen LogP contribution in [0, 0.1) is 5.92 Å². The van der Waals surface area contributed by atoms with Gasteiger partial charge in [0.1, 0.15) is 0 Å². The number of nitrogens with zero attached hydrogens (tertiary/aromatic N) is 1. The Morgan fingerprint density at radius 2 is 2.08 bits per heavy atom. The molecule has 1 unspecified atom stereocenters. The van der Waals surface area contributed by atoms with Crippen LogP contribution in [0.5, 0.6) is 0 Å². The molecule has 1 aromatic rings. The van der Waals surface area contributed by atoms with Gasteiger partial charge in [-0.1, -0.05) is 20.8 Å². The van der Waals surface area contributed by atoms with Crippen LogP contribution in [-0.4, -0.2) is 4.98 Å². The monoisotopic (exact) mass is 179 g/mol. The molecule has 1 atom stereocenters. The molecular formula is C10H17N3. The Bertz CT molecular complexity index is 271. The summed E-state index contributed by atoms with van der Waals surface area (Å²) in [5.74, 6) is 6.50. The Kier molecular flexibility index (Phi) is 3.25. The van der Waals surface area contributed by atoms with Crippen molar-refractivity contribution in [2.45, 2.75) is 26.7 Å². The molecule has 0 fully saturated rings. The van der Waals surface area contributed by atoms with E-state index in [0.29, 0.717) is 11.8 Å². The maximum atomic E-state index is 5.40. The van der Waals surface area contributed by atoms with E-state index in [2.05, 4.69) is 31.2 Å². The summed E-state index contributed by atoms with van der Waals surface area (Å²) in [5, 5.41) is 0. The largest absolute Gasteiger partial charge is 0.322 e. The van der Waals surface area contributed by atoms with Gasteiger partial charge in [-0.25, -0.2) is 0 Å². The highest BCUT2D eigenvalue weighted by molar-refractivity contribution is 5.49. The number of rotatable bonds is 3. The molecule has 0 amide bonds. The summed E-state index contributed by atoms with van der Waals surface area (Å²) >= 11 is 0. The minimum absolute atomic E-state index is 0.494. The van der Waals surface area contributed by atoms with E-state index in [0.717, 1.165) is 5.69 Å². The van der Waals surface area contributed by atoms with Gasteiger partial charge in [-0.05, 0) is 23.5 Å². The Balaban J connectivity index is 2.98. The molecular weight excluding hydrogens is 162 g/mol. The number of hydrogen-bond acceptors (Lipinski definition) is 3. The van der Waals surface area contributed by atoms with Gasteiger partial charge in [0.2, 0.25) is 0 Å². The number of anilines is 1. The van der Waals surface area contributed by atoms with Gasteiger partial charge in [-0.3, -0.25) is 10.8 Å². The molecule has 72 valence electrons. The first-order valence-corrected chi connectivity index (χ1v) is 4.57. The minimum Gasteiger partial charge on any atom is -0.322 e. The lowest BCUT2D eigenvalue weighted by atomic mass is 9.90. The van der Waals surface area contributed by atoms with E-state index in [4.69, 9.17) is 5.84 Å². The van der Waals surface area contributed by atoms with Crippen LogP contribution in [0.4, 0.5) is 5.69 Å². The number of nitrogen functional groups attached to an aromatic ring is 1. The molecule has 1 heterocycles. The van der Waals surface area contributed by atoms with Crippen molar-refractivity contribution in [3.63, 3.8) is 0 Å². The lowest BCUT2D eigenvalue weighted by Crippen LogP contribution is -2.12. The number of nitrogens with two attached hydrogens (primary N) is 1. The third kappa shape index (κ3) is 2.18. The average Bonchev–Trinajstić information content (AvgIpc) is 2.16. The summed E-state index contributed by atoms with van der Waals surface area (Å²) in [4.78, 5) is 4.02. The van der Waals surface area contributed by atoms with Gasteiger partial charge in [-0.15, -0.1) is 0 Å². The minimum atomic E-state index is 0.494. The van der Waals surface area contributed by atoms with Gasteiger partial charge in [0, 0.05) is 6.20 Å². The van der Waals surface area contributed by atoms with Gasteiger partial charge in [0.25, 0.3) is 0 Å². The Morgan fingerprint density at radius 3 is 2.62 bits per heavy atom. The molecule has 13 heavy (non-hydrogen) atoms. The first-order valence-electron chi connectivity index (χ1n) is 4.57. The highest BCUT2D eigenvalue weighted by Gasteiger charge is 2.13. The summed E-state index contributed by atoms with van der Waals surface area (Å²) in [6, 6.07) is 2.01. The molecule has 3 nitrogen and oxygen atoms in total. The zero-order valence-corrected chi connectivity index (χ0v) is 8.41. The fourth-order valence-corrected chi connectivity index (χ4v) is 1.28. The maximum absolute atomic E-state index is 5.40. The number of hydrazine groups is 1. The van der Waals surface area contributed by atoms with E-state index in [9.17, 15) is 0 Å². The summed E-state index contributed by atoms with van der Waals surface area (Å²) in [5.41, 5.74) is 4.82. The summed E-state index contributed by atoms with van der Waals surface area (Å²) in [6.07, 6.45) is 3.56. The Labute approximate surface area is 79.3 Å². The number of pyridine rings is 1. The van der Waals surface area contributed by atoms with E-state index >= 15 is 0 Å². The van der Waals surface area contributed by atoms with Crippen molar-refractivity contribution in [3.05, 3.63) is 24.0 Å². The van der Waals surface area contributed by atoms with Crippen molar-refractivity contribution in [2.75, 3.05) is 5.43 Å². The van der Waals surface area contributed by atoms with Crippen molar-refractivity contribution in [2.24, 2.45) is 11.8 Å². The van der Waals surface area contributed by atoms with Gasteiger partial charge < -0.3 is 5.43 Å². The number of hydrogen-bond donors (Lipinski definition) is 2. The molecule has 0 spiro atoms. The number of aromatic nitrogens is 1. The van der Waals surface area contributed by atoms with Crippen molar-refractivity contribution in [3.8, 4) is 0 Å². The highest BCUT2D eigenvalue weighted by Crippen LogP contribution is 2.28. The van der Waals surface area contributed by atoms with Crippen molar-refractivity contribution in [1.82, 2.24) is 4.98 Å². The van der Waals surface area contributed by atoms with Crippen LogP contribution in [0.1, 0.15) is 32.3 Å². The van der Waals surface area contributed by atoms with Crippen LogP contribution >= 0.6 is 0 Å². The first kappa shape index (κ1) is 9.99. The average molecular weight is 179 g/mol. The fourth-order valence-electron chi connectivity index (χ4n) is 1.28. The van der Waals surface area contributed by atoms with Crippen LogP contribution in [-0.2, 0) is 0 Å². The molecule has 0 radical (unpaired) electrons. The van der Waals surface area contributed by atoms with Crippen molar-refractivity contribution < 1.29 is 0 Å². The number of nitrogens with one attached hydrogen (secondary N) is 1. The first-order chi connectivity index (χ1) is 6.16. The van der Waals surface area contributed by atoms with E-state index in [1.54, 1.807) is 12.4 Å². The van der Waals surface area contributed by atoms with Gasteiger partial charge >= 0.3 is 0 Å². The predicted molar refractivity (Wildman–Crippen MR) is 55.3 cm³/mol.